The second kappa shape index (κ2) is 6.71. The highest BCUT2D eigenvalue weighted by Gasteiger charge is 2.10. The molecule has 3 aromatic rings. The summed E-state index contributed by atoms with van der Waals surface area (Å²) in [5.74, 6) is -0.426. The molecule has 0 aliphatic carbocycles. The number of aliphatic hydroxyl groups excluding tert-OH is 1. The van der Waals surface area contributed by atoms with Gasteiger partial charge in [0.05, 0.1) is 29.9 Å². The van der Waals surface area contributed by atoms with E-state index in [0.29, 0.717) is 17.3 Å². The quantitative estimate of drug-likeness (QED) is 0.787. The maximum Gasteiger partial charge on any atom is 0.261 e. The summed E-state index contributed by atoms with van der Waals surface area (Å²) < 4.78 is 14.5. The summed E-state index contributed by atoms with van der Waals surface area (Å²) in [5, 5.41) is 10.5. The smallest absolute Gasteiger partial charge is 0.261 e. The number of hydrogen-bond donors (Lipinski definition) is 1. The van der Waals surface area contributed by atoms with Gasteiger partial charge >= 0.3 is 0 Å². The van der Waals surface area contributed by atoms with Crippen molar-refractivity contribution < 1.29 is 9.50 Å². The summed E-state index contributed by atoms with van der Waals surface area (Å²) in [6.07, 6.45) is 2.00. The van der Waals surface area contributed by atoms with Gasteiger partial charge in [-0.1, -0.05) is 30.3 Å². The van der Waals surface area contributed by atoms with Gasteiger partial charge in [-0.2, -0.15) is 0 Å². The average molecular weight is 312 g/mol. The Hall–Kier alpha value is -2.53. The first-order chi connectivity index (χ1) is 11.1. The van der Waals surface area contributed by atoms with E-state index in [1.165, 1.54) is 29.1 Å². The van der Waals surface area contributed by atoms with Crippen molar-refractivity contribution >= 4 is 10.9 Å². The van der Waals surface area contributed by atoms with E-state index in [4.69, 9.17) is 0 Å². The largest absolute Gasteiger partial charge is 0.391 e. The number of aromatic nitrogens is 2. The molecular formula is C18H17FN2O2. The number of hydrogen-bond acceptors (Lipinski definition) is 3. The van der Waals surface area contributed by atoms with E-state index >= 15 is 0 Å². The van der Waals surface area contributed by atoms with Crippen LogP contribution in [0.2, 0.25) is 0 Å². The highest BCUT2D eigenvalue weighted by atomic mass is 19.1. The Morgan fingerprint density at radius 3 is 2.74 bits per heavy atom. The van der Waals surface area contributed by atoms with Crippen LogP contribution in [0.15, 0.2) is 59.7 Å². The molecule has 5 heteroatoms. The zero-order chi connectivity index (χ0) is 16.2. The topological polar surface area (TPSA) is 55.1 Å². The van der Waals surface area contributed by atoms with Crippen molar-refractivity contribution in [2.75, 3.05) is 0 Å². The second-order valence-electron chi connectivity index (χ2n) is 5.54. The molecule has 0 aliphatic heterocycles. The first-order valence-electron chi connectivity index (χ1n) is 7.50. The molecule has 3 rings (SSSR count). The molecule has 0 amide bonds. The zero-order valence-electron chi connectivity index (χ0n) is 12.5. The number of fused-ring (bicyclic) bond motifs is 1. The summed E-state index contributed by atoms with van der Waals surface area (Å²) in [6, 6.07) is 13.8. The van der Waals surface area contributed by atoms with E-state index in [1.807, 2.05) is 30.3 Å². The number of benzene rings is 2. The van der Waals surface area contributed by atoms with E-state index in [2.05, 4.69) is 4.98 Å². The Balaban J connectivity index is 1.72. The lowest BCUT2D eigenvalue weighted by Gasteiger charge is -2.13. The molecule has 1 aromatic heterocycles. The second-order valence-corrected chi connectivity index (χ2v) is 5.54. The summed E-state index contributed by atoms with van der Waals surface area (Å²) in [7, 11) is 0. The van der Waals surface area contributed by atoms with Crippen LogP contribution < -0.4 is 5.56 Å². The van der Waals surface area contributed by atoms with Crippen molar-refractivity contribution in [1.82, 2.24) is 9.55 Å². The molecule has 2 aromatic carbocycles. The Bertz CT molecular complexity index is 862. The third-order valence-corrected chi connectivity index (χ3v) is 3.80. The highest BCUT2D eigenvalue weighted by molar-refractivity contribution is 5.77. The molecule has 0 fully saturated rings. The van der Waals surface area contributed by atoms with Gasteiger partial charge in [0, 0.05) is 6.07 Å². The first-order valence-corrected chi connectivity index (χ1v) is 7.50. The number of aryl methyl sites for hydroxylation is 1. The van der Waals surface area contributed by atoms with Gasteiger partial charge in [-0.3, -0.25) is 9.36 Å². The van der Waals surface area contributed by atoms with Gasteiger partial charge in [-0.25, -0.2) is 9.37 Å². The van der Waals surface area contributed by atoms with E-state index < -0.39 is 11.9 Å². The average Bonchev–Trinajstić information content (AvgIpc) is 2.56. The Labute approximate surface area is 132 Å². The van der Waals surface area contributed by atoms with E-state index in [-0.39, 0.29) is 12.1 Å². The predicted octanol–water partition coefficient (Wildman–Crippen LogP) is 2.53. The molecule has 0 unspecified atom stereocenters. The fourth-order valence-electron chi connectivity index (χ4n) is 2.56. The molecule has 118 valence electrons. The standard InChI is InChI=1S/C18H17FN2O2/c19-14-7-9-16-17(10-14)20-12-21(18(16)23)11-15(22)8-6-13-4-2-1-3-5-13/h1-5,7,9-10,12,15,22H,6,8,11H2/t15-/m1/s1. The van der Waals surface area contributed by atoms with Crippen LogP contribution in [0.1, 0.15) is 12.0 Å². The Morgan fingerprint density at radius 1 is 1.17 bits per heavy atom. The SMILES string of the molecule is O=c1c2ccc(F)cc2ncn1C[C@H](O)CCc1ccccc1. The minimum Gasteiger partial charge on any atom is -0.391 e. The third kappa shape index (κ3) is 3.63. The molecule has 1 atom stereocenters. The van der Waals surface area contributed by atoms with Gasteiger partial charge in [0.25, 0.3) is 5.56 Å². The molecule has 0 saturated heterocycles. The van der Waals surface area contributed by atoms with Crippen molar-refractivity contribution in [1.29, 1.82) is 0 Å². The van der Waals surface area contributed by atoms with Crippen LogP contribution in [0.5, 0.6) is 0 Å². The van der Waals surface area contributed by atoms with Crippen LogP contribution in [0.25, 0.3) is 10.9 Å². The molecule has 1 heterocycles. The van der Waals surface area contributed by atoms with Crippen molar-refractivity contribution in [3.8, 4) is 0 Å². The zero-order valence-corrected chi connectivity index (χ0v) is 12.5. The molecule has 0 radical (unpaired) electrons. The molecule has 4 nitrogen and oxygen atoms in total. The highest BCUT2D eigenvalue weighted by Crippen LogP contribution is 2.10. The number of nitrogens with zero attached hydrogens (tertiary/aromatic N) is 2. The molecule has 0 aliphatic rings. The van der Waals surface area contributed by atoms with Gasteiger partial charge in [-0.15, -0.1) is 0 Å². The van der Waals surface area contributed by atoms with Gasteiger partial charge < -0.3 is 5.11 Å². The number of halogens is 1. The van der Waals surface area contributed by atoms with Crippen molar-refractivity contribution in [3.63, 3.8) is 0 Å². The predicted molar refractivity (Wildman–Crippen MR) is 86.7 cm³/mol. The summed E-state index contributed by atoms with van der Waals surface area (Å²) in [5.41, 5.74) is 1.20. The fraction of sp³-hybridized carbons (Fsp3) is 0.222. The minimum atomic E-state index is -0.646. The molecule has 0 spiro atoms. The molecule has 23 heavy (non-hydrogen) atoms. The van der Waals surface area contributed by atoms with E-state index in [9.17, 15) is 14.3 Å². The van der Waals surface area contributed by atoms with Crippen molar-refractivity contribution in [2.24, 2.45) is 0 Å². The van der Waals surface area contributed by atoms with Crippen molar-refractivity contribution in [3.05, 3.63) is 76.6 Å². The van der Waals surface area contributed by atoms with E-state index in [0.717, 1.165) is 12.0 Å². The van der Waals surface area contributed by atoms with Crippen LogP contribution in [-0.4, -0.2) is 20.8 Å². The van der Waals surface area contributed by atoms with Crippen LogP contribution in [0.4, 0.5) is 4.39 Å². The fourth-order valence-corrected chi connectivity index (χ4v) is 2.56. The van der Waals surface area contributed by atoms with Gasteiger partial charge in [0.15, 0.2) is 0 Å². The molecule has 0 bridgehead atoms. The maximum atomic E-state index is 13.2. The van der Waals surface area contributed by atoms with E-state index in [1.54, 1.807) is 0 Å². The number of rotatable bonds is 5. The first kappa shape index (κ1) is 15.4. The Morgan fingerprint density at radius 2 is 1.96 bits per heavy atom. The van der Waals surface area contributed by atoms with Crippen LogP contribution >= 0.6 is 0 Å². The molecule has 0 saturated carbocycles. The lowest BCUT2D eigenvalue weighted by Crippen LogP contribution is -2.27. The normalized spacial score (nSPS) is 12.4. The third-order valence-electron chi connectivity index (χ3n) is 3.80. The van der Waals surface area contributed by atoms with Crippen LogP contribution in [0.3, 0.4) is 0 Å². The van der Waals surface area contributed by atoms with Gasteiger partial charge in [0.2, 0.25) is 0 Å². The molecular weight excluding hydrogens is 295 g/mol. The lowest BCUT2D eigenvalue weighted by atomic mass is 10.1. The van der Waals surface area contributed by atoms with Crippen LogP contribution in [0, 0.1) is 5.82 Å². The van der Waals surface area contributed by atoms with Gasteiger partial charge in [0.1, 0.15) is 5.82 Å². The number of aliphatic hydroxyl groups is 1. The summed E-state index contributed by atoms with van der Waals surface area (Å²) in [6.45, 7) is 0.173. The van der Waals surface area contributed by atoms with Crippen LogP contribution in [-0.2, 0) is 13.0 Å². The Kier molecular flexibility index (Phi) is 4.48. The van der Waals surface area contributed by atoms with Gasteiger partial charge in [-0.05, 0) is 30.5 Å². The molecule has 1 N–H and O–H groups in total. The van der Waals surface area contributed by atoms with Crippen molar-refractivity contribution in [2.45, 2.75) is 25.5 Å². The monoisotopic (exact) mass is 312 g/mol. The maximum absolute atomic E-state index is 13.2. The summed E-state index contributed by atoms with van der Waals surface area (Å²) in [4.78, 5) is 16.4. The summed E-state index contributed by atoms with van der Waals surface area (Å²) >= 11 is 0. The lowest BCUT2D eigenvalue weighted by molar-refractivity contribution is 0.143. The minimum absolute atomic E-state index is 0.173.